The zero-order valence-corrected chi connectivity index (χ0v) is 22.1. The Kier molecular flexibility index (Phi) is 9.10. The van der Waals surface area contributed by atoms with Crippen molar-refractivity contribution in [2.75, 3.05) is 6.54 Å². The summed E-state index contributed by atoms with van der Waals surface area (Å²) in [4.78, 5) is 37.7. The number of rotatable bonds is 11. The molecule has 1 atom stereocenters. The Hall–Kier alpha value is -4.61. The van der Waals surface area contributed by atoms with Crippen LogP contribution >= 0.6 is 11.6 Å². The molecule has 3 aromatic carbocycles. The molecule has 0 radical (unpaired) electrons. The maximum atomic E-state index is 14.4. The highest BCUT2D eigenvalue weighted by molar-refractivity contribution is 6.30. The predicted molar refractivity (Wildman–Crippen MR) is 145 cm³/mol. The standard InChI is InChI=1S/C29H24ClF2N3O6/c30-20-12-22(31)21(23(32)13-20)16-35-25(28(38)39)14-24(33-35)27(37)34(11-10-26(36)29(40)41)15-17-6-8-19(9-7-17)18-4-2-1-3-5-18/h1-9,12-14,26,36H,10-11,15-16H2,(H,38,39)(H,40,41)/t26-/m1/s1. The number of carboxylic acids is 2. The highest BCUT2D eigenvalue weighted by Gasteiger charge is 2.26. The quantitative estimate of drug-likeness (QED) is 0.233. The first kappa shape index (κ1) is 29.4. The number of carbonyl (C=O) groups excluding carboxylic acids is 1. The second-order valence-electron chi connectivity index (χ2n) is 9.16. The van der Waals surface area contributed by atoms with E-state index in [2.05, 4.69) is 5.10 Å². The fraction of sp³-hybridized carbons (Fsp3) is 0.172. The zero-order chi connectivity index (χ0) is 29.7. The van der Waals surface area contributed by atoms with Crippen LogP contribution in [0.4, 0.5) is 8.78 Å². The monoisotopic (exact) mass is 583 g/mol. The van der Waals surface area contributed by atoms with Crippen LogP contribution < -0.4 is 0 Å². The maximum absolute atomic E-state index is 14.4. The van der Waals surface area contributed by atoms with E-state index < -0.39 is 53.4 Å². The van der Waals surface area contributed by atoms with Gasteiger partial charge in [0.1, 0.15) is 17.3 Å². The van der Waals surface area contributed by atoms with Gasteiger partial charge in [-0.05, 0) is 28.8 Å². The Balaban J connectivity index is 1.62. The van der Waals surface area contributed by atoms with Gasteiger partial charge in [0.15, 0.2) is 11.8 Å². The molecule has 0 unspecified atom stereocenters. The number of aliphatic carboxylic acids is 1. The van der Waals surface area contributed by atoms with Gasteiger partial charge < -0.3 is 20.2 Å². The number of amides is 1. The van der Waals surface area contributed by atoms with E-state index in [1.54, 1.807) is 12.1 Å². The van der Waals surface area contributed by atoms with Crippen molar-refractivity contribution in [1.82, 2.24) is 14.7 Å². The number of hydrogen-bond donors (Lipinski definition) is 3. The molecule has 0 spiro atoms. The van der Waals surface area contributed by atoms with Crippen LogP contribution in [0.3, 0.4) is 0 Å². The average molecular weight is 584 g/mol. The highest BCUT2D eigenvalue weighted by atomic mass is 35.5. The number of hydrogen-bond acceptors (Lipinski definition) is 5. The molecule has 0 aliphatic rings. The molecule has 9 nitrogen and oxygen atoms in total. The second-order valence-corrected chi connectivity index (χ2v) is 9.59. The van der Waals surface area contributed by atoms with Gasteiger partial charge in [0, 0.05) is 36.2 Å². The van der Waals surface area contributed by atoms with Crippen LogP contribution in [0, 0.1) is 11.6 Å². The Morgan fingerprint density at radius 2 is 1.54 bits per heavy atom. The molecule has 3 N–H and O–H groups in total. The van der Waals surface area contributed by atoms with Crippen molar-refractivity contribution in [3.8, 4) is 11.1 Å². The third-order valence-electron chi connectivity index (χ3n) is 6.31. The van der Waals surface area contributed by atoms with Crippen molar-refractivity contribution >= 4 is 29.4 Å². The zero-order valence-electron chi connectivity index (χ0n) is 21.4. The van der Waals surface area contributed by atoms with Crippen molar-refractivity contribution < 1.29 is 38.5 Å². The molecule has 12 heteroatoms. The number of nitrogens with zero attached hydrogens (tertiary/aromatic N) is 3. The van der Waals surface area contributed by atoms with Crippen molar-refractivity contribution in [3.63, 3.8) is 0 Å². The summed E-state index contributed by atoms with van der Waals surface area (Å²) in [5.41, 5.74) is 1.24. The molecule has 1 aromatic heterocycles. The fourth-order valence-electron chi connectivity index (χ4n) is 4.16. The third kappa shape index (κ3) is 7.13. The van der Waals surface area contributed by atoms with Gasteiger partial charge in [0.05, 0.1) is 6.54 Å². The number of carbonyl (C=O) groups is 3. The van der Waals surface area contributed by atoms with Gasteiger partial charge in [-0.3, -0.25) is 9.48 Å². The number of aliphatic hydroxyl groups is 1. The number of aliphatic hydroxyl groups excluding tert-OH is 1. The van der Waals surface area contributed by atoms with Crippen molar-refractivity contribution in [2.24, 2.45) is 0 Å². The Labute approximate surface area is 237 Å². The van der Waals surface area contributed by atoms with E-state index in [-0.39, 0.29) is 30.2 Å². The number of aromatic carboxylic acids is 1. The summed E-state index contributed by atoms with van der Waals surface area (Å²) >= 11 is 5.66. The third-order valence-corrected chi connectivity index (χ3v) is 6.53. The first-order valence-electron chi connectivity index (χ1n) is 12.3. The van der Waals surface area contributed by atoms with Crippen LogP contribution in [-0.2, 0) is 17.9 Å². The molecule has 0 aliphatic heterocycles. The molecule has 212 valence electrons. The lowest BCUT2D eigenvalue weighted by Crippen LogP contribution is -2.35. The number of aromatic nitrogens is 2. The van der Waals surface area contributed by atoms with E-state index in [0.717, 1.165) is 34.0 Å². The molecule has 0 saturated carbocycles. The molecule has 1 heterocycles. The Bertz CT molecular complexity index is 1550. The molecule has 4 rings (SSSR count). The van der Waals surface area contributed by atoms with E-state index in [1.165, 1.54) is 4.90 Å². The molecule has 0 aliphatic carbocycles. The summed E-state index contributed by atoms with van der Waals surface area (Å²) < 4.78 is 29.5. The summed E-state index contributed by atoms with van der Waals surface area (Å²) in [6.45, 7) is -0.860. The van der Waals surface area contributed by atoms with Crippen LogP contribution in [0.15, 0.2) is 72.8 Å². The van der Waals surface area contributed by atoms with Gasteiger partial charge in [-0.25, -0.2) is 18.4 Å². The topological polar surface area (TPSA) is 133 Å². The van der Waals surface area contributed by atoms with Crippen LogP contribution in [-0.4, -0.2) is 60.5 Å². The van der Waals surface area contributed by atoms with Crippen LogP contribution in [0.5, 0.6) is 0 Å². The summed E-state index contributed by atoms with van der Waals surface area (Å²) in [5.74, 6) is -5.76. The van der Waals surface area contributed by atoms with Crippen molar-refractivity contribution in [3.05, 3.63) is 112 Å². The average Bonchev–Trinajstić information content (AvgIpc) is 3.37. The molecule has 0 bridgehead atoms. The molecular weight excluding hydrogens is 560 g/mol. The minimum Gasteiger partial charge on any atom is -0.479 e. The number of benzene rings is 3. The van der Waals surface area contributed by atoms with Gasteiger partial charge in [-0.2, -0.15) is 5.10 Å². The SMILES string of the molecule is O=C(O)c1cc(C(=O)N(CC[C@@H](O)C(=O)O)Cc2ccc(-c3ccccc3)cc2)nn1Cc1c(F)cc(Cl)cc1F. The first-order chi connectivity index (χ1) is 19.5. The van der Waals surface area contributed by atoms with Crippen molar-refractivity contribution in [2.45, 2.75) is 25.6 Å². The molecule has 0 fully saturated rings. The van der Waals surface area contributed by atoms with E-state index in [0.29, 0.717) is 5.56 Å². The minimum atomic E-state index is -1.74. The molecule has 1 amide bonds. The largest absolute Gasteiger partial charge is 0.479 e. The van der Waals surface area contributed by atoms with Crippen LogP contribution in [0.2, 0.25) is 5.02 Å². The highest BCUT2D eigenvalue weighted by Crippen LogP contribution is 2.23. The van der Waals surface area contributed by atoms with Crippen LogP contribution in [0.1, 0.15) is 38.5 Å². The van der Waals surface area contributed by atoms with Gasteiger partial charge in [0.25, 0.3) is 5.91 Å². The minimum absolute atomic E-state index is 0.0179. The van der Waals surface area contributed by atoms with Crippen molar-refractivity contribution in [1.29, 1.82) is 0 Å². The summed E-state index contributed by atoms with van der Waals surface area (Å²) in [6, 6.07) is 19.6. The smallest absolute Gasteiger partial charge is 0.354 e. The van der Waals surface area contributed by atoms with Gasteiger partial charge in [-0.1, -0.05) is 66.2 Å². The summed E-state index contributed by atoms with van der Waals surface area (Å²) in [6.07, 6.45) is -2.05. The van der Waals surface area contributed by atoms with E-state index in [9.17, 15) is 33.4 Å². The fourth-order valence-corrected chi connectivity index (χ4v) is 4.35. The van der Waals surface area contributed by atoms with Gasteiger partial charge >= 0.3 is 11.9 Å². The Morgan fingerprint density at radius 1 is 0.927 bits per heavy atom. The normalized spacial score (nSPS) is 11.7. The van der Waals surface area contributed by atoms with Gasteiger partial charge in [-0.15, -0.1) is 0 Å². The number of halogens is 3. The molecule has 41 heavy (non-hydrogen) atoms. The molecule has 4 aromatic rings. The maximum Gasteiger partial charge on any atom is 0.354 e. The lowest BCUT2D eigenvalue weighted by atomic mass is 10.0. The lowest BCUT2D eigenvalue weighted by molar-refractivity contribution is -0.147. The van der Waals surface area contributed by atoms with Gasteiger partial charge in [0.2, 0.25) is 0 Å². The summed E-state index contributed by atoms with van der Waals surface area (Å²) in [5, 5.41) is 32.4. The lowest BCUT2D eigenvalue weighted by Gasteiger charge is -2.23. The first-order valence-corrected chi connectivity index (χ1v) is 12.7. The second kappa shape index (κ2) is 12.7. The predicted octanol–water partition coefficient (Wildman–Crippen LogP) is 4.71. The van der Waals surface area contributed by atoms with E-state index >= 15 is 0 Å². The van der Waals surface area contributed by atoms with Crippen LogP contribution in [0.25, 0.3) is 11.1 Å². The number of carboxylic acid groups (broad SMARTS) is 2. The van der Waals surface area contributed by atoms with E-state index in [4.69, 9.17) is 16.7 Å². The van der Waals surface area contributed by atoms with E-state index in [1.807, 2.05) is 42.5 Å². The summed E-state index contributed by atoms with van der Waals surface area (Å²) in [7, 11) is 0. The molecule has 0 saturated heterocycles. The Morgan fingerprint density at radius 3 is 2.12 bits per heavy atom. The molecular formula is C29H24ClF2N3O6.